The number of nitriles is 1. The standard InChI is InChI=1S/C13H15ClFN3/c14-11-2-1-10(9-12(11)15)13(3-6-16)4-7-18(17)8-5-13/h1-2,9H,3-5,7-8,17H2. The Hall–Kier alpha value is -1.15. The van der Waals surface area contributed by atoms with Gasteiger partial charge in [-0.1, -0.05) is 17.7 Å². The van der Waals surface area contributed by atoms with E-state index in [9.17, 15) is 4.39 Å². The lowest BCUT2D eigenvalue weighted by Crippen LogP contribution is -2.45. The van der Waals surface area contributed by atoms with Crippen LogP contribution in [0.2, 0.25) is 5.02 Å². The number of piperidine rings is 1. The van der Waals surface area contributed by atoms with Crippen molar-refractivity contribution < 1.29 is 4.39 Å². The van der Waals surface area contributed by atoms with Crippen LogP contribution in [0.5, 0.6) is 0 Å². The first-order chi connectivity index (χ1) is 8.57. The van der Waals surface area contributed by atoms with Gasteiger partial charge in [-0.25, -0.2) is 9.40 Å². The Morgan fingerprint density at radius 2 is 2.11 bits per heavy atom. The summed E-state index contributed by atoms with van der Waals surface area (Å²) in [6.45, 7) is 1.43. The van der Waals surface area contributed by atoms with Crippen molar-refractivity contribution in [1.29, 1.82) is 5.26 Å². The molecule has 0 unspecified atom stereocenters. The number of hydrazine groups is 1. The van der Waals surface area contributed by atoms with Crippen LogP contribution in [-0.2, 0) is 5.41 Å². The van der Waals surface area contributed by atoms with Crippen LogP contribution in [0.25, 0.3) is 0 Å². The largest absolute Gasteiger partial charge is 0.269 e. The highest BCUT2D eigenvalue weighted by Gasteiger charge is 2.35. The fourth-order valence-electron chi connectivity index (χ4n) is 2.50. The smallest absolute Gasteiger partial charge is 0.142 e. The van der Waals surface area contributed by atoms with E-state index in [-0.39, 0.29) is 10.4 Å². The molecular weight excluding hydrogens is 253 g/mol. The Kier molecular flexibility index (Phi) is 3.86. The van der Waals surface area contributed by atoms with Gasteiger partial charge >= 0.3 is 0 Å². The van der Waals surface area contributed by atoms with Gasteiger partial charge in [0.2, 0.25) is 0 Å². The van der Waals surface area contributed by atoms with E-state index in [0.717, 1.165) is 18.4 Å². The highest BCUT2D eigenvalue weighted by atomic mass is 35.5. The van der Waals surface area contributed by atoms with Crippen LogP contribution in [0.4, 0.5) is 4.39 Å². The maximum atomic E-state index is 13.6. The molecule has 1 saturated heterocycles. The molecule has 2 rings (SSSR count). The first kappa shape index (κ1) is 13.3. The van der Waals surface area contributed by atoms with Crippen molar-refractivity contribution in [3.05, 3.63) is 34.6 Å². The first-order valence-electron chi connectivity index (χ1n) is 5.89. The lowest BCUT2D eigenvalue weighted by atomic mass is 9.71. The predicted molar refractivity (Wildman–Crippen MR) is 68.3 cm³/mol. The molecule has 0 aliphatic carbocycles. The molecule has 1 heterocycles. The van der Waals surface area contributed by atoms with E-state index in [0.29, 0.717) is 19.5 Å². The maximum Gasteiger partial charge on any atom is 0.142 e. The van der Waals surface area contributed by atoms with Gasteiger partial charge in [0.05, 0.1) is 11.1 Å². The van der Waals surface area contributed by atoms with Crippen molar-refractivity contribution >= 4 is 11.6 Å². The number of nitrogens with zero attached hydrogens (tertiary/aromatic N) is 2. The van der Waals surface area contributed by atoms with Crippen molar-refractivity contribution in [3.8, 4) is 6.07 Å². The van der Waals surface area contributed by atoms with Crippen LogP contribution >= 0.6 is 11.6 Å². The SMILES string of the molecule is N#CCC1(c2ccc(Cl)c(F)c2)CCN(N)CC1. The van der Waals surface area contributed by atoms with Crippen molar-refractivity contribution in [2.24, 2.45) is 5.84 Å². The van der Waals surface area contributed by atoms with Gasteiger partial charge in [-0.3, -0.25) is 5.84 Å². The fourth-order valence-corrected chi connectivity index (χ4v) is 2.61. The molecule has 0 amide bonds. The number of rotatable bonds is 2. The van der Waals surface area contributed by atoms with Crippen LogP contribution in [-0.4, -0.2) is 18.1 Å². The molecule has 1 aliphatic rings. The second kappa shape index (κ2) is 5.23. The number of benzene rings is 1. The van der Waals surface area contributed by atoms with Crippen LogP contribution in [0, 0.1) is 17.1 Å². The average Bonchev–Trinajstić information content (AvgIpc) is 2.36. The van der Waals surface area contributed by atoms with Gasteiger partial charge in [-0.15, -0.1) is 0 Å². The molecule has 0 radical (unpaired) electrons. The van der Waals surface area contributed by atoms with E-state index in [4.69, 9.17) is 22.7 Å². The zero-order valence-electron chi connectivity index (χ0n) is 10.00. The lowest BCUT2D eigenvalue weighted by Gasteiger charge is -2.39. The summed E-state index contributed by atoms with van der Waals surface area (Å²) in [4.78, 5) is 0. The van der Waals surface area contributed by atoms with Gasteiger partial charge in [0.1, 0.15) is 5.82 Å². The molecule has 96 valence electrons. The Labute approximate surface area is 111 Å². The molecule has 1 aromatic rings. The van der Waals surface area contributed by atoms with E-state index in [2.05, 4.69) is 6.07 Å². The zero-order valence-corrected chi connectivity index (χ0v) is 10.8. The van der Waals surface area contributed by atoms with E-state index in [1.165, 1.54) is 6.07 Å². The van der Waals surface area contributed by atoms with E-state index in [1.54, 1.807) is 11.1 Å². The fraction of sp³-hybridized carbons (Fsp3) is 0.462. The summed E-state index contributed by atoms with van der Waals surface area (Å²) in [5, 5.41) is 10.9. The molecule has 0 spiro atoms. The molecule has 1 fully saturated rings. The van der Waals surface area contributed by atoms with Crippen LogP contribution in [0.1, 0.15) is 24.8 Å². The third-order valence-corrected chi connectivity index (χ3v) is 4.01. The third-order valence-electron chi connectivity index (χ3n) is 3.70. The molecule has 2 N–H and O–H groups in total. The van der Waals surface area contributed by atoms with Crippen molar-refractivity contribution in [2.75, 3.05) is 13.1 Å². The molecule has 18 heavy (non-hydrogen) atoms. The topological polar surface area (TPSA) is 53.0 Å². The van der Waals surface area contributed by atoms with Crippen molar-refractivity contribution in [1.82, 2.24) is 5.01 Å². The minimum absolute atomic E-state index is 0.113. The van der Waals surface area contributed by atoms with Crippen LogP contribution < -0.4 is 5.84 Å². The van der Waals surface area contributed by atoms with Gasteiger partial charge in [0.25, 0.3) is 0 Å². The minimum atomic E-state index is -0.429. The zero-order chi connectivity index (χ0) is 13.2. The number of hydrogen-bond donors (Lipinski definition) is 1. The molecule has 3 nitrogen and oxygen atoms in total. The van der Waals surface area contributed by atoms with Crippen LogP contribution in [0.3, 0.4) is 0 Å². The molecule has 1 aliphatic heterocycles. The summed E-state index contributed by atoms with van der Waals surface area (Å²) in [5.74, 6) is 5.31. The summed E-state index contributed by atoms with van der Waals surface area (Å²) in [6, 6.07) is 7.03. The number of halogens is 2. The van der Waals surface area contributed by atoms with Gasteiger partial charge in [-0.2, -0.15) is 5.26 Å². The number of hydrogen-bond acceptors (Lipinski definition) is 3. The molecular formula is C13H15ClFN3. The molecule has 0 atom stereocenters. The van der Waals surface area contributed by atoms with E-state index < -0.39 is 5.82 Å². The monoisotopic (exact) mass is 267 g/mol. The normalized spacial score (nSPS) is 19.4. The average molecular weight is 268 g/mol. The summed E-state index contributed by atoms with van der Waals surface area (Å²) < 4.78 is 13.6. The molecule has 5 heteroatoms. The highest BCUT2D eigenvalue weighted by molar-refractivity contribution is 6.30. The molecule has 0 bridgehead atoms. The molecule has 0 aromatic heterocycles. The van der Waals surface area contributed by atoms with Crippen LogP contribution in [0.15, 0.2) is 18.2 Å². The minimum Gasteiger partial charge on any atom is -0.269 e. The van der Waals surface area contributed by atoms with Crippen molar-refractivity contribution in [3.63, 3.8) is 0 Å². The Bertz CT molecular complexity index is 476. The van der Waals surface area contributed by atoms with E-state index >= 15 is 0 Å². The summed E-state index contributed by atoms with van der Waals surface area (Å²) in [7, 11) is 0. The molecule has 0 saturated carbocycles. The highest BCUT2D eigenvalue weighted by Crippen LogP contribution is 2.38. The van der Waals surface area contributed by atoms with E-state index in [1.807, 2.05) is 6.07 Å². The summed E-state index contributed by atoms with van der Waals surface area (Å²) >= 11 is 5.70. The Morgan fingerprint density at radius 1 is 1.44 bits per heavy atom. The quantitative estimate of drug-likeness (QED) is 0.838. The third kappa shape index (κ3) is 2.49. The summed E-state index contributed by atoms with van der Waals surface area (Å²) in [5.41, 5.74) is 0.551. The Morgan fingerprint density at radius 3 is 2.67 bits per heavy atom. The maximum absolute atomic E-state index is 13.6. The Balaban J connectivity index is 2.35. The molecule has 1 aromatic carbocycles. The number of nitrogens with two attached hydrogens (primary N) is 1. The second-order valence-electron chi connectivity index (χ2n) is 4.78. The van der Waals surface area contributed by atoms with Gasteiger partial charge in [0.15, 0.2) is 0 Å². The second-order valence-corrected chi connectivity index (χ2v) is 5.19. The van der Waals surface area contributed by atoms with Gasteiger partial charge in [-0.05, 0) is 30.5 Å². The lowest BCUT2D eigenvalue weighted by molar-refractivity contribution is 0.162. The summed E-state index contributed by atoms with van der Waals surface area (Å²) in [6.07, 6.45) is 1.90. The van der Waals surface area contributed by atoms with Gasteiger partial charge in [0, 0.05) is 24.9 Å². The predicted octanol–water partition coefficient (Wildman–Crippen LogP) is 2.60. The van der Waals surface area contributed by atoms with Crippen molar-refractivity contribution in [2.45, 2.75) is 24.7 Å². The first-order valence-corrected chi connectivity index (χ1v) is 6.27. The van der Waals surface area contributed by atoms with Gasteiger partial charge < -0.3 is 0 Å².